The fourth-order valence-corrected chi connectivity index (χ4v) is 2.52. The molecule has 0 spiro atoms. The number of benzene rings is 1. The van der Waals surface area contributed by atoms with Crippen LogP contribution in [0, 0.1) is 5.92 Å². The van der Waals surface area contributed by atoms with Crippen molar-refractivity contribution in [1.82, 2.24) is 10.6 Å². The van der Waals surface area contributed by atoms with Crippen molar-refractivity contribution in [3.8, 4) is 0 Å². The summed E-state index contributed by atoms with van der Waals surface area (Å²) in [6.07, 6.45) is -0.706. The van der Waals surface area contributed by atoms with Crippen LogP contribution in [0.25, 0.3) is 0 Å². The average molecular weight is 452 g/mol. The molecule has 1 atom stereocenters. The second-order valence-electron chi connectivity index (χ2n) is 5.37. The normalized spacial score (nSPS) is 12.7. The number of anilines is 1. The maximum atomic E-state index is 11.9. The Morgan fingerprint density at radius 1 is 1.17 bits per heavy atom. The van der Waals surface area contributed by atoms with Crippen molar-refractivity contribution in [2.45, 2.75) is 30.2 Å². The standard InChI is InChI=1S/C14H16Cl5N3OS/c1-7(2)5-11(23)21-12(14(17,18)19)22-13(24)20-8-3-4-9(15)10(16)6-8/h3-4,6-7,12H,5H2,1-2H3,(H,21,23)(H2,20,22,24)/t12-/m0/s1. The van der Waals surface area contributed by atoms with Gasteiger partial charge in [-0.15, -0.1) is 0 Å². The Morgan fingerprint density at radius 2 is 1.79 bits per heavy atom. The van der Waals surface area contributed by atoms with Gasteiger partial charge in [0.2, 0.25) is 9.70 Å². The number of hydrogen-bond acceptors (Lipinski definition) is 2. The summed E-state index contributed by atoms with van der Waals surface area (Å²) in [5.74, 6) is -0.0894. The highest BCUT2D eigenvalue weighted by molar-refractivity contribution is 7.80. The van der Waals surface area contributed by atoms with Crippen molar-refractivity contribution in [3.05, 3.63) is 28.2 Å². The third kappa shape index (κ3) is 7.81. The second-order valence-corrected chi connectivity index (χ2v) is 8.96. The molecule has 0 saturated heterocycles. The van der Waals surface area contributed by atoms with E-state index in [0.29, 0.717) is 22.2 Å². The lowest BCUT2D eigenvalue weighted by molar-refractivity contribution is -0.122. The van der Waals surface area contributed by atoms with Gasteiger partial charge in [-0.25, -0.2) is 0 Å². The fourth-order valence-electron chi connectivity index (χ4n) is 1.66. The lowest BCUT2D eigenvalue weighted by Gasteiger charge is -2.28. The Labute approximate surface area is 171 Å². The van der Waals surface area contributed by atoms with Crippen LogP contribution in [0.1, 0.15) is 20.3 Å². The van der Waals surface area contributed by atoms with Gasteiger partial charge in [0.25, 0.3) is 0 Å². The summed E-state index contributed by atoms with van der Waals surface area (Å²) in [4.78, 5) is 11.9. The van der Waals surface area contributed by atoms with Gasteiger partial charge in [0.15, 0.2) is 5.11 Å². The van der Waals surface area contributed by atoms with Gasteiger partial charge in [-0.05, 0) is 36.3 Å². The second kappa shape index (κ2) is 9.51. The summed E-state index contributed by atoms with van der Waals surface area (Å²) in [6, 6.07) is 4.90. The largest absolute Gasteiger partial charge is 0.339 e. The summed E-state index contributed by atoms with van der Waals surface area (Å²) in [5, 5.41) is 9.18. The van der Waals surface area contributed by atoms with Crippen LogP contribution >= 0.6 is 70.2 Å². The predicted octanol–water partition coefficient (Wildman–Crippen LogP) is 5.14. The SMILES string of the molecule is CC(C)CC(=O)N[C@@H](NC(=S)Nc1ccc(Cl)c(Cl)c1)C(Cl)(Cl)Cl. The van der Waals surface area contributed by atoms with Gasteiger partial charge in [0.1, 0.15) is 6.17 Å². The average Bonchev–Trinajstić information content (AvgIpc) is 2.40. The highest BCUT2D eigenvalue weighted by atomic mass is 35.6. The van der Waals surface area contributed by atoms with Crippen molar-refractivity contribution in [1.29, 1.82) is 0 Å². The van der Waals surface area contributed by atoms with Crippen LogP contribution in [0.3, 0.4) is 0 Å². The molecule has 0 saturated carbocycles. The first-order valence-corrected chi connectivity index (χ1v) is 9.17. The molecule has 0 aliphatic rings. The van der Waals surface area contributed by atoms with Crippen molar-refractivity contribution in [3.63, 3.8) is 0 Å². The molecule has 1 amide bonds. The monoisotopic (exact) mass is 449 g/mol. The molecule has 10 heteroatoms. The van der Waals surface area contributed by atoms with Gasteiger partial charge in [-0.2, -0.15) is 0 Å². The molecule has 0 aliphatic carbocycles. The van der Waals surface area contributed by atoms with Crippen molar-refractivity contribution < 1.29 is 4.79 Å². The molecule has 0 fully saturated rings. The summed E-state index contributed by atoms with van der Waals surface area (Å²) in [7, 11) is 0. The third-order valence-corrected chi connectivity index (χ3v) is 4.29. The number of thiocarbonyl (C=S) groups is 1. The van der Waals surface area contributed by atoms with Gasteiger partial charge in [0, 0.05) is 12.1 Å². The van der Waals surface area contributed by atoms with E-state index in [2.05, 4.69) is 16.0 Å². The Morgan fingerprint density at radius 3 is 2.29 bits per heavy atom. The van der Waals surface area contributed by atoms with Crippen LogP contribution in [0.2, 0.25) is 10.0 Å². The number of alkyl halides is 3. The van der Waals surface area contributed by atoms with Crippen LogP contribution in [0.4, 0.5) is 5.69 Å². The summed E-state index contributed by atoms with van der Waals surface area (Å²) in [5.41, 5.74) is 0.596. The fraction of sp³-hybridized carbons (Fsp3) is 0.429. The Balaban J connectivity index is 2.73. The maximum Gasteiger partial charge on any atom is 0.228 e. The number of halogens is 5. The summed E-state index contributed by atoms with van der Waals surface area (Å²) in [6.45, 7) is 3.82. The third-order valence-electron chi connectivity index (χ3n) is 2.68. The predicted molar refractivity (Wildman–Crippen MR) is 107 cm³/mol. The molecule has 1 rings (SSSR count). The zero-order valence-corrected chi connectivity index (χ0v) is 17.4. The zero-order chi connectivity index (χ0) is 18.5. The molecular weight excluding hydrogens is 436 g/mol. The van der Waals surface area contributed by atoms with E-state index in [-0.39, 0.29) is 16.9 Å². The van der Waals surface area contributed by atoms with E-state index in [9.17, 15) is 4.79 Å². The Bertz CT molecular complexity index is 607. The molecule has 1 aromatic carbocycles. The van der Waals surface area contributed by atoms with Crippen LogP contribution in [0.15, 0.2) is 18.2 Å². The van der Waals surface area contributed by atoms with Crippen molar-refractivity contribution in [2.75, 3.05) is 5.32 Å². The van der Waals surface area contributed by atoms with E-state index in [1.807, 2.05) is 13.8 Å². The van der Waals surface area contributed by atoms with Crippen LogP contribution in [0.5, 0.6) is 0 Å². The number of nitrogens with one attached hydrogen (secondary N) is 3. The number of amides is 1. The molecule has 4 nitrogen and oxygen atoms in total. The highest BCUT2D eigenvalue weighted by Crippen LogP contribution is 2.29. The van der Waals surface area contributed by atoms with Crippen LogP contribution in [-0.2, 0) is 4.79 Å². The topological polar surface area (TPSA) is 53.2 Å². The lowest BCUT2D eigenvalue weighted by atomic mass is 10.1. The lowest BCUT2D eigenvalue weighted by Crippen LogP contribution is -2.56. The Hall–Kier alpha value is -0.170. The highest BCUT2D eigenvalue weighted by Gasteiger charge is 2.34. The van der Waals surface area contributed by atoms with E-state index in [1.54, 1.807) is 18.2 Å². The molecule has 0 radical (unpaired) electrons. The maximum absolute atomic E-state index is 11.9. The van der Waals surface area contributed by atoms with Gasteiger partial charge in [-0.1, -0.05) is 71.9 Å². The first-order chi connectivity index (χ1) is 11.0. The van der Waals surface area contributed by atoms with E-state index in [4.69, 9.17) is 70.2 Å². The molecule has 24 heavy (non-hydrogen) atoms. The van der Waals surface area contributed by atoms with Crippen molar-refractivity contribution in [2.24, 2.45) is 5.92 Å². The molecule has 0 unspecified atom stereocenters. The molecule has 0 heterocycles. The summed E-state index contributed by atoms with van der Waals surface area (Å²) < 4.78 is -1.80. The molecular formula is C14H16Cl5N3OS. The molecule has 0 aliphatic heterocycles. The van der Waals surface area contributed by atoms with Crippen LogP contribution < -0.4 is 16.0 Å². The van der Waals surface area contributed by atoms with E-state index in [0.717, 1.165) is 0 Å². The van der Waals surface area contributed by atoms with Gasteiger partial charge in [0.05, 0.1) is 10.0 Å². The van der Waals surface area contributed by atoms with E-state index < -0.39 is 9.96 Å². The first kappa shape index (κ1) is 21.9. The molecule has 3 N–H and O–H groups in total. The van der Waals surface area contributed by atoms with Gasteiger partial charge >= 0.3 is 0 Å². The van der Waals surface area contributed by atoms with Crippen molar-refractivity contribution >= 4 is 86.9 Å². The molecule has 1 aromatic rings. The number of carbonyl (C=O) groups excluding carboxylic acids is 1. The summed E-state index contributed by atoms with van der Waals surface area (Å²) >= 11 is 34.7. The van der Waals surface area contributed by atoms with Gasteiger partial charge in [-0.3, -0.25) is 4.79 Å². The minimum Gasteiger partial charge on any atom is -0.339 e. The molecule has 0 bridgehead atoms. The zero-order valence-electron chi connectivity index (χ0n) is 12.8. The first-order valence-electron chi connectivity index (χ1n) is 6.87. The number of hydrogen-bond donors (Lipinski definition) is 3. The number of carbonyl (C=O) groups is 1. The smallest absolute Gasteiger partial charge is 0.228 e. The number of rotatable bonds is 5. The molecule has 0 aromatic heterocycles. The minimum absolute atomic E-state index is 0.148. The van der Waals surface area contributed by atoms with E-state index >= 15 is 0 Å². The quantitative estimate of drug-likeness (QED) is 0.330. The Kier molecular flexibility index (Phi) is 8.66. The van der Waals surface area contributed by atoms with Gasteiger partial charge < -0.3 is 16.0 Å². The molecule has 134 valence electrons. The minimum atomic E-state index is -1.80. The van der Waals surface area contributed by atoms with Crippen LogP contribution in [-0.4, -0.2) is 21.0 Å². The van der Waals surface area contributed by atoms with E-state index in [1.165, 1.54) is 0 Å².